The summed E-state index contributed by atoms with van der Waals surface area (Å²) in [5, 5.41) is 13.1. The smallest absolute Gasteiger partial charge is 0.230 e. The molecule has 136 valence electrons. The molecule has 2 aromatic rings. The number of nitrogens with zero attached hydrogens (tertiary/aromatic N) is 3. The highest BCUT2D eigenvalue weighted by Gasteiger charge is 2.20. The number of benzene rings is 1. The second-order valence-corrected chi connectivity index (χ2v) is 5.94. The molecular formula is C20H23N3O3. The van der Waals surface area contributed by atoms with Gasteiger partial charge in [0.15, 0.2) is 5.84 Å². The minimum atomic E-state index is 0.413. The highest BCUT2D eigenvalue weighted by molar-refractivity contribution is 6.00. The topological polar surface area (TPSA) is 67.2 Å². The Morgan fingerprint density at radius 1 is 1.15 bits per heavy atom. The number of rotatable bonds is 5. The molecule has 0 unspecified atom stereocenters. The number of amidine groups is 1. The van der Waals surface area contributed by atoms with Crippen molar-refractivity contribution in [3.63, 3.8) is 0 Å². The van der Waals surface area contributed by atoms with E-state index < -0.39 is 0 Å². The van der Waals surface area contributed by atoms with E-state index in [4.69, 9.17) is 9.47 Å². The molecule has 1 aromatic heterocycles. The van der Waals surface area contributed by atoms with Gasteiger partial charge in [0, 0.05) is 18.8 Å². The lowest BCUT2D eigenvalue weighted by atomic mass is 10.1. The first kappa shape index (κ1) is 17.8. The van der Waals surface area contributed by atoms with Crippen LogP contribution in [0.25, 0.3) is 0 Å². The fourth-order valence-electron chi connectivity index (χ4n) is 2.78. The zero-order chi connectivity index (χ0) is 18.4. The van der Waals surface area contributed by atoms with E-state index in [0.29, 0.717) is 36.2 Å². The number of hydrogen-bond acceptors (Lipinski definition) is 5. The Hall–Kier alpha value is -3.02. The van der Waals surface area contributed by atoms with Crippen LogP contribution in [0.3, 0.4) is 0 Å². The van der Waals surface area contributed by atoms with Crippen LogP contribution in [-0.2, 0) is 0 Å². The molecule has 0 radical (unpaired) electrons. The van der Waals surface area contributed by atoms with Crippen molar-refractivity contribution in [3.05, 3.63) is 59.8 Å². The maximum absolute atomic E-state index is 9.61. The molecule has 1 aliphatic heterocycles. The highest BCUT2D eigenvalue weighted by Crippen LogP contribution is 2.27. The summed E-state index contributed by atoms with van der Waals surface area (Å²) >= 11 is 0. The zero-order valence-electron chi connectivity index (χ0n) is 15.1. The first-order valence-electron chi connectivity index (χ1n) is 8.72. The van der Waals surface area contributed by atoms with Gasteiger partial charge in [-0.3, -0.25) is 0 Å². The summed E-state index contributed by atoms with van der Waals surface area (Å²) in [6.45, 7) is 5.93. The third kappa shape index (κ3) is 4.14. The molecule has 2 heterocycles. The molecule has 3 rings (SSSR count). The van der Waals surface area contributed by atoms with Crippen LogP contribution >= 0.6 is 0 Å². The van der Waals surface area contributed by atoms with Gasteiger partial charge in [0.05, 0.1) is 12.2 Å². The van der Waals surface area contributed by atoms with Crippen molar-refractivity contribution in [2.24, 2.45) is 5.16 Å². The minimum absolute atomic E-state index is 0.413. The lowest BCUT2D eigenvalue weighted by molar-refractivity contribution is 0.302. The normalized spacial score (nSPS) is 14.4. The van der Waals surface area contributed by atoms with Crippen molar-refractivity contribution in [2.45, 2.75) is 20.3 Å². The Labute approximate surface area is 153 Å². The van der Waals surface area contributed by atoms with Crippen LogP contribution in [0.5, 0.6) is 17.4 Å². The van der Waals surface area contributed by atoms with Gasteiger partial charge < -0.3 is 19.6 Å². The molecule has 0 aliphatic carbocycles. The van der Waals surface area contributed by atoms with Gasteiger partial charge >= 0.3 is 0 Å². The predicted molar refractivity (Wildman–Crippen MR) is 100 cm³/mol. The standard InChI is InChI=1S/C20H23N3O3/c1-3-25-16-8-10-17(11-9-16)26-20-18(12-7-15(2)21-20)19(22-24)23-13-5-4-6-14-23/h4-5,7-12,24H,3,6,13-14H2,1-2H3/b22-19-. The molecule has 1 aliphatic rings. The molecule has 6 heteroatoms. The van der Waals surface area contributed by atoms with Gasteiger partial charge in [-0.15, -0.1) is 0 Å². The van der Waals surface area contributed by atoms with Gasteiger partial charge in [-0.2, -0.15) is 0 Å². The van der Waals surface area contributed by atoms with Crippen LogP contribution in [0, 0.1) is 6.92 Å². The average molecular weight is 353 g/mol. The molecule has 26 heavy (non-hydrogen) atoms. The molecule has 0 bridgehead atoms. The lowest BCUT2D eigenvalue weighted by Crippen LogP contribution is -2.34. The van der Waals surface area contributed by atoms with Gasteiger partial charge in [-0.25, -0.2) is 4.98 Å². The van der Waals surface area contributed by atoms with Crippen molar-refractivity contribution in [1.82, 2.24) is 9.88 Å². The van der Waals surface area contributed by atoms with Crippen LogP contribution in [0.2, 0.25) is 0 Å². The quantitative estimate of drug-likeness (QED) is 0.290. The Morgan fingerprint density at radius 2 is 1.92 bits per heavy atom. The molecule has 0 atom stereocenters. The summed E-state index contributed by atoms with van der Waals surface area (Å²) in [6, 6.07) is 11.1. The number of pyridine rings is 1. The van der Waals surface area contributed by atoms with Crippen molar-refractivity contribution >= 4 is 5.84 Å². The maximum Gasteiger partial charge on any atom is 0.230 e. The largest absolute Gasteiger partial charge is 0.494 e. The van der Waals surface area contributed by atoms with Gasteiger partial charge in [0.25, 0.3) is 0 Å². The summed E-state index contributed by atoms with van der Waals surface area (Å²) in [7, 11) is 0. The summed E-state index contributed by atoms with van der Waals surface area (Å²) < 4.78 is 11.4. The number of oxime groups is 1. The molecule has 0 spiro atoms. The Balaban J connectivity index is 1.89. The summed E-state index contributed by atoms with van der Waals surface area (Å²) in [6.07, 6.45) is 5.09. The van der Waals surface area contributed by atoms with Gasteiger partial charge in [-0.1, -0.05) is 17.3 Å². The molecule has 6 nitrogen and oxygen atoms in total. The molecule has 1 aromatic carbocycles. The van der Waals surface area contributed by atoms with E-state index in [0.717, 1.165) is 24.4 Å². The maximum atomic E-state index is 9.61. The van der Waals surface area contributed by atoms with Crippen molar-refractivity contribution in [1.29, 1.82) is 0 Å². The molecule has 0 saturated carbocycles. The predicted octanol–water partition coefficient (Wildman–Crippen LogP) is 3.98. The number of hydrogen-bond donors (Lipinski definition) is 1. The van der Waals surface area contributed by atoms with E-state index in [1.54, 1.807) is 0 Å². The molecule has 0 saturated heterocycles. The fraction of sp³-hybridized carbons (Fsp3) is 0.300. The van der Waals surface area contributed by atoms with Crippen molar-refractivity contribution in [2.75, 3.05) is 19.7 Å². The van der Waals surface area contributed by atoms with E-state index in [9.17, 15) is 5.21 Å². The molecular weight excluding hydrogens is 330 g/mol. The van der Waals surface area contributed by atoms with Gasteiger partial charge in [0.1, 0.15) is 11.5 Å². The number of aromatic nitrogens is 1. The van der Waals surface area contributed by atoms with Crippen molar-refractivity contribution in [3.8, 4) is 17.4 Å². The van der Waals surface area contributed by atoms with Crippen LogP contribution < -0.4 is 9.47 Å². The lowest BCUT2D eigenvalue weighted by Gasteiger charge is -2.26. The molecule has 1 N–H and O–H groups in total. The van der Waals surface area contributed by atoms with Gasteiger partial charge in [-0.05, 0) is 56.7 Å². The number of ether oxygens (including phenoxy) is 2. The third-order valence-corrected chi connectivity index (χ3v) is 4.04. The Bertz CT molecular complexity index is 800. The first-order valence-corrected chi connectivity index (χ1v) is 8.72. The monoisotopic (exact) mass is 353 g/mol. The van der Waals surface area contributed by atoms with E-state index >= 15 is 0 Å². The van der Waals surface area contributed by atoms with Gasteiger partial charge in [0.2, 0.25) is 5.88 Å². The summed E-state index contributed by atoms with van der Waals surface area (Å²) in [5.41, 5.74) is 1.48. The third-order valence-electron chi connectivity index (χ3n) is 4.04. The molecule has 0 amide bonds. The first-order chi connectivity index (χ1) is 12.7. The van der Waals surface area contributed by atoms with E-state index in [2.05, 4.69) is 22.3 Å². The highest BCUT2D eigenvalue weighted by atomic mass is 16.5. The second kappa shape index (κ2) is 8.38. The number of aryl methyl sites for hydroxylation is 1. The van der Waals surface area contributed by atoms with Crippen LogP contribution in [0.15, 0.2) is 53.7 Å². The van der Waals surface area contributed by atoms with Crippen LogP contribution in [0.4, 0.5) is 0 Å². The summed E-state index contributed by atoms with van der Waals surface area (Å²) in [4.78, 5) is 6.50. The Kier molecular flexibility index (Phi) is 5.73. The molecule has 0 fully saturated rings. The van der Waals surface area contributed by atoms with Crippen LogP contribution in [0.1, 0.15) is 24.6 Å². The van der Waals surface area contributed by atoms with E-state index in [1.165, 1.54) is 0 Å². The van der Waals surface area contributed by atoms with E-state index in [1.807, 2.05) is 55.1 Å². The minimum Gasteiger partial charge on any atom is -0.494 e. The summed E-state index contributed by atoms with van der Waals surface area (Å²) in [5.74, 6) is 2.30. The van der Waals surface area contributed by atoms with Crippen molar-refractivity contribution < 1.29 is 14.7 Å². The van der Waals surface area contributed by atoms with E-state index in [-0.39, 0.29) is 0 Å². The zero-order valence-corrected chi connectivity index (χ0v) is 15.1. The fourth-order valence-corrected chi connectivity index (χ4v) is 2.78. The Morgan fingerprint density at radius 3 is 2.58 bits per heavy atom. The SMILES string of the molecule is CCOc1ccc(Oc2nc(C)ccc2/C(=N/O)N2CC=CCC2)cc1. The van der Waals surface area contributed by atoms with Crippen LogP contribution in [-0.4, -0.2) is 40.6 Å². The second-order valence-electron chi connectivity index (χ2n) is 5.94. The average Bonchev–Trinajstić information content (AvgIpc) is 2.67.